The molecule has 1 rings (SSSR count). The van der Waals surface area contributed by atoms with Gasteiger partial charge in [0.1, 0.15) is 5.75 Å². The van der Waals surface area contributed by atoms with E-state index < -0.39 is 22.5 Å². The molecular formula is C20H34O7S. The minimum atomic E-state index is -4.73. The number of benzene rings is 1. The van der Waals surface area contributed by atoms with Crippen molar-refractivity contribution in [2.45, 2.75) is 77.8 Å². The molecule has 1 unspecified atom stereocenters. The molecule has 1 aromatic rings. The molecule has 8 heteroatoms. The first-order valence-electron chi connectivity index (χ1n) is 10.0. The van der Waals surface area contributed by atoms with Gasteiger partial charge < -0.3 is 14.2 Å². The summed E-state index contributed by atoms with van der Waals surface area (Å²) in [5.41, 5.74) is 0. The van der Waals surface area contributed by atoms with Crippen molar-refractivity contribution in [1.29, 1.82) is 0 Å². The number of rotatable bonds is 16. The standard InChI is InChI=1S/C20H34O7S/c1-4-7-8-9-10-14-17-19(27-28(21,22)23)20(24-5-2,25-6-3)26-18-15-12-11-13-16-18/h11-13,15-16,19H,4-10,14,17H2,1-3H3,(H,21,22,23). The lowest BCUT2D eigenvalue weighted by atomic mass is 10.1. The molecule has 7 nitrogen and oxygen atoms in total. The van der Waals surface area contributed by atoms with Gasteiger partial charge in [0.2, 0.25) is 0 Å². The van der Waals surface area contributed by atoms with Gasteiger partial charge in [-0.15, -0.1) is 0 Å². The molecule has 1 aromatic carbocycles. The molecule has 0 heterocycles. The van der Waals surface area contributed by atoms with Crippen LogP contribution in [0.4, 0.5) is 0 Å². The third kappa shape index (κ3) is 9.34. The van der Waals surface area contributed by atoms with E-state index in [2.05, 4.69) is 6.92 Å². The van der Waals surface area contributed by atoms with Crippen LogP contribution in [0.15, 0.2) is 30.3 Å². The molecule has 162 valence electrons. The Morgan fingerprint density at radius 3 is 2.04 bits per heavy atom. The van der Waals surface area contributed by atoms with Gasteiger partial charge in [-0.05, 0) is 32.4 Å². The zero-order valence-electron chi connectivity index (χ0n) is 17.1. The molecule has 0 bridgehead atoms. The van der Waals surface area contributed by atoms with Crippen molar-refractivity contribution in [3.8, 4) is 5.75 Å². The minimum Gasteiger partial charge on any atom is -0.437 e. The van der Waals surface area contributed by atoms with Crippen molar-refractivity contribution in [1.82, 2.24) is 0 Å². The van der Waals surface area contributed by atoms with Crippen LogP contribution in [-0.2, 0) is 24.1 Å². The number of ether oxygens (including phenoxy) is 3. The molecule has 0 aliphatic heterocycles. The molecule has 0 spiro atoms. The number of unbranched alkanes of at least 4 members (excludes halogenated alkanes) is 5. The van der Waals surface area contributed by atoms with Gasteiger partial charge in [0.05, 0.1) is 13.2 Å². The van der Waals surface area contributed by atoms with Crippen molar-refractivity contribution in [3.63, 3.8) is 0 Å². The lowest BCUT2D eigenvalue weighted by molar-refractivity contribution is -0.374. The van der Waals surface area contributed by atoms with E-state index in [0.29, 0.717) is 18.6 Å². The van der Waals surface area contributed by atoms with Crippen molar-refractivity contribution in [2.24, 2.45) is 0 Å². The Bertz CT molecular complexity index is 613. The fourth-order valence-corrected chi connectivity index (χ4v) is 3.46. The van der Waals surface area contributed by atoms with Crippen LogP contribution in [0.3, 0.4) is 0 Å². The quantitative estimate of drug-likeness (QED) is 0.236. The number of para-hydroxylation sites is 1. The summed E-state index contributed by atoms with van der Waals surface area (Å²) in [6.07, 6.45) is 5.22. The van der Waals surface area contributed by atoms with E-state index in [9.17, 15) is 13.0 Å². The van der Waals surface area contributed by atoms with Gasteiger partial charge in [0.25, 0.3) is 0 Å². The van der Waals surface area contributed by atoms with E-state index in [0.717, 1.165) is 25.7 Å². The summed E-state index contributed by atoms with van der Waals surface area (Å²) < 4.78 is 54.7. The van der Waals surface area contributed by atoms with Crippen LogP contribution in [-0.4, -0.2) is 38.3 Å². The fourth-order valence-electron chi connectivity index (χ4n) is 2.95. The predicted octanol–water partition coefficient (Wildman–Crippen LogP) is 4.73. The minimum absolute atomic E-state index is 0.203. The average molecular weight is 419 g/mol. The molecule has 0 amide bonds. The molecule has 1 N–H and O–H groups in total. The first-order chi connectivity index (χ1) is 13.4. The van der Waals surface area contributed by atoms with Gasteiger partial charge in [-0.3, -0.25) is 4.55 Å². The first-order valence-corrected chi connectivity index (χ1v) is 11.4. The smallest absolute Gasteiger partial charge is 0.397 e. The molecule has 0 aliphatic rings. The largest absolute Gasteiger partial charge is 0.437 e. The van der Waals surface area contributed by atoms with Crippen LogP contribution in [0.1, 0.15) is 65.7 Å². The van der Waals surface area contributed by atoms with E-state index in [-0.39, 0.29) is 13.2 Å². The summed E-state index contributed by atoms with van der Waals surface area (Å²) in [7, 11) is -4.73. The highest BCUT2D eigenvalue weighted by Crippen LogP contribution is 2.30. The SMILES string of the molecule is CCCCCCCCC(OS(=O)(=O)O)C(OCC)(OCC)Oc1ccccc1. The zero-order chi connectivity index (χ0) is 20.9. The van der Waals surface area contributed by atoms with Crippen LogP contribution < -0.4 is 4.74 Å². The maximum absolute atomic E-state index is 11.5. The summed E-state index contributed by atoms with van der Waals surface area (Å²) in [6, 6.07) is 8.82. The van der Waals surface area contributed by atoms with Crippen LogP contribution in [0, 0.1) is 0 Å². The van der Waals surface area contributed by atoms with Crippen LogP contribution in [0.5, 0.6) is 5.75 Å². The van der Waals surface area contributed by atoms with E-state index in [4.69, 9.17) is 18.4 Å². The van der Waals surface area contributed by atoms with Crippen LogP contribution in [0.25, 0.3) is 0 Å². The Morgan fingerprint density at radius 1 is 0.929 bits per heavy atom. The van der Waals surface area contributed by atoms with Crippen LogP contribution in [0.2, 0.25) is 0 Å². The molecule has 1 atom stereocenters. The van der Waals surface area contributed by atoms with E-state index in [1.54, 1.807) is 38.1 Å². The van der Waals surface area contributed by atoms with Crippen LogP contribution >= 0.6 is 0 Å². The summed E-state index contributed by atoms with van der Waals surface area (Å²) in [5.74, 6) is -1.35. The Kier molecular flexibility index (Phi) is 11.6. The molecular weight excluding hydrogens is 384 g/mol. The lowest BCUT2D eigenvalue weighted by Gasteiger charge is -2.37. The number of hydrogen-bond acceptors (Lipinski definition) is 6. The molecule has 0 aliphatic carbocycles. The average Bonchev–Trinajstić information content (AvgIpc) is 2.64. The molecule has 28 heavy (non-hydrogen) atoms. The Balaban J connectivity index is 3.02. The molecule has 0 saturated carbocycles. The number of hydrogen-bond donors (Lipinski definition) is 1. The lowest BCUT2D eigenvalue weighted by Crippen LogP contribution is -2.54. The third-order valence-corrected chi connectivity index (χ3v) is 4.62. The third-order valence-electron chi connectivity index (χ3n) is 4.15. The van der Waals surface area contributed by atoms with Gasteiger partial charge in [0, 0.05) is 0 Å². The van der Waals surface area contributed by atoms with Gasteiger partial charge >= 0.3 is 16.4 Å². The zero-order valence-corrected chi connectivity index (χ0v) is 17.9. The van der Waals surface area contributed by atoms with E-state index in [1.165, 1.54) is 6.42 Å². The molecule has 0 saturated heterocycles. The van der Waals surface area contributed by atoms with Crippen molar-refractivity contribution < 1.29 is 31.4 Å². The van der Waals surface area contributed by atoms with Gasteiger partial charge in [0.15, 0.2) is 6.10 Å². The Morgan fingerprint density at radius 2 is 1.50 bits per heavy atom. The Labute approximate surface area is 169 Å². The van der Waals surface area contributed by atoms with E-state index >= 15 is 0 Å². The van der Waals surface area contributed by atoms with Gasteiger partial charge in [-0.25, -0.2) is 4.18 Å². The van der Waals surface area contributed by atoms with Crippen molar-refractivity contribution in [2.75, 3.05) is 13.2 Å². The summed E-state index contributed by atoms with van der Waals surface area (Å²) in [5, 5.41) is 0. The first kappa shape index (κ1) is 24.8. The normalized spacial score (nSPS) is 13.4. The van der Waals surface area contributed by atoms with Crippen molar-refractivity contribution in [3.05, 3.63) is 30.3 Å². The van der Waals surface area contributed by atoms with Gasteiger partial charge in [-0.2, -0.15) is 8.42 Å². The summed E-state index contributed by atoms with van der Waals surface area (Å²) in [4.78, 5) is 0. The molecule has 0 radical (unpaired) electrons. The second-order valence-electron chi connectivity index (χ2n) is 6.45. The monoisotopic (exact) mass is 418 g/mol. The second-order valence-corrected chi connectivity index (χ2v) is 7.50. The highest BCUT2D eigenvalue weighted by atomic mass is 32.3. The summed E-state index contributed by atoms with van der Waals surface area (Å²) >= 11 is 0. The molecule has 0 fully saturated rings. The second kappa shape index (κ2) is 13.1. The maximum Gasteiger partial charge on any atom is 0.397 e. The Hall–Kier alpha value is -1.19. The predicted molar refractivity (Wildman–Crippen MR) is 107 cm³/mol. The highest BCUT2D eigenvalue weighted by molar-refractivity contribution is 7.80. The highest BCUT2D eigenvalue weighted by Gasteiger charge is 2.47. The summed E-state index contributed by atoms with van der Waals surface area (Å²) in [6.45, 7) is 6.05. The van der Waals surface area contributed by atoms with Crippen molar-refractivity contribution >= 4 is 10.4 Å². The maximum atomic E-state index is 11.5. The van der Waals surface area contributed by atoms with Gasteiger partial charge in [-0.1, -0.05) is 63.6 Å². The fraction of sp³-hybridized carbons (Fsp3) is 0.700. The van der Waals surface area contributed by atoms with E-state index in [1.807, 2.05) is 6.07 Å². The topological polar surface area (TPSA) is 91.3 Å². The molecule has 0 aromatic heterocycles.